The van der Waals surface area contributed by atoms with Gasteiger partial charge in [0, 0.05) is 20.1 Å². The lowest BCUT2D eigenvalue weighted by atomic mass is 10.1. The molecule has 0 aliphatic carbocycles. The predicted molar refractivity (Wildman–Crippen MR) is 114 cm³/mol. The second-order valence-corrected chi connectivity index (χ2v) is 6.23. The number of ether oxygens (including phenoxy) is 1. The third-order valence-corrected chi connectivity index (χ3v) is 4.45. The van der Waals surface area contributed by atoms with Crippen molar-refractivity contribution in [2.45, 2.75) is 19.4 Å². The lowest BCUT2D eigenvalue weighted by molar-refractivity contribution is 0.0600. The van der Waals surface area contributed by atoms with Crippen molar-refractivity contribution < 1.29 is 9.53 Å². The lowest BCUT2D eigenvalue weighted by Gasteiger charge is -2.15. The Hall–Kier alpha value is -1.61. The van der Waals surface area contributed by atoms with Crippen molar-refractivity contribution in [1.29, 1.82) is 0 Å². The normalized spacial score (nSPS) is 12.0. The zero-order valence-electron chi connectivity index (χ0n) is 14.6. The zero-order valence-corrected chi connectivity index (χ0v) is 17.8. The number of esters is 1. The number of aliphatic imine (C=N–C) groups is 1. The summed E-state index contributed by atoms with van der Waals surface area (Å²) in [5, 5.41) is 10.9. The van der Waals surface area contributed by atoms with Gasteiger partial charge in [0.2, 0.25) is 0 Å². The number of guanidine groups is 1. The zero-order chi connectivity index (χ0) is 17.4. The third-order valence-electron chi connectivity index (χ3n) is 3.75. The van der Waals surface area contributed by atoms with Gasteiger partial charge in [0.1, 0.15) is 0 Å². The molecule has 0 radical (unpaired) electrons. The number of carbonyl (C=O) groups is 1. The van der Waals surface area contributed by atoms with E-state index in [1.54, 1.807) is 30.5 Å². The average molecular weight is 473 g/mol. The summed E-state index contributed by atoms with van der Waals surface area (Å²) in [6, 6.07) is 9.48. The Balaban J connectivity index is 0.00000312. The maximum absolute atomic E-state index is 11.4. The fraction of sp³-hybridized carbons (Fsp3) is 0.333. The molecular weight excluding hydrogens is 449 g/mol. The molecule has 136 valence electrons. The fourth-order valence-corrected chi connectivity index (χ4v) is 2.99. The van der Waals surface area contributed by atoms with E-state index in [-0.39, 0.29) is 29.9 Å². The number of hydrogen-bond donors (Lipinski definition) is 2. The van der Waals surface area contributed by atoms with Crippen molar-refractivity contribution in [1.82, 2.24) is 10.6 Å². The maximum atomic E-state index is 11.4. The molecular formula is C18H24IN3O2S. The molecule has 2 N–H and O–H groups in total. The molecule has 1 aromatic carbocycles. The summed E-state index contributed by atoms with van der Waals surface area (Å²) in [5.41, 5.74) is 2.95. The molecule has 0 spiro atoms. The Kier molecular flexibility index (Phi) is 9.51. The molecule has 1 atom stereocenters. The molecule has 1 heterocycles. The Labute approximate surface area is 169 Å². The summed E-state index contributed by atoms with van der Waals surface area (Å²) in [6.07, 6.45) is 0. The van der Waals surface area contributed by atoms with E-state index < -0.39 is 0 Å². The van der Waals surface area contributed by atoms with Crippen LogP contribution in [0.1, 0.15) is 34.3 Å². The third kappa shape index (κ3) is 6.66. The van der Waals surface area contributed by atoms with E-state index in [0.717, 1.165) is 18.1 Å². The van der Waals surface area contributed by atoms with Crippen LogP contribution in [0.3, 0.4) is 0 Å². The molecule has 0 aliphatic heterocycles. The van der Waals surface area contributed by atoms with E-state index in [4.69, 9.17) is 4.74 Å². The SMILES string of the molecule is CN=C(NCc1ccc(C(=O)OC)cc1)NCC(C)c1ccsc1.I. The number of halogens is 1. The van der Waals surface area contributed by atoms with Gasteiger partial charge in [-0.1, -0.05) is 19.1 Å². The van der Waals surface area contributed by atoms with Crippen molar-refractivity contribution >= 4 is 47.2 Å². The molecule has 0 saturated carbocycles. The molecule has 0 aliphatic rings. The minimum Gasteiger partial charge on any atom is -0.465 e. The maximum Gasteiger partial charge on any atom is 0.337 e. The van der Waals surface area contributed by atoms with Gasteiger partial charge in [0.05, 0.1) is 12.7 Å². The second-order valence-electron chi connectivity index (χ2n) is 5.45. The predicted octanol–water partition coefficient (Wildman–Crippen LogP) is 3.62. The molecule has 25 heavy (non-hydrogen) atoms. The van der Waals surface area contributed by atoms with Crippen molar-refractivity contribution in [2.75, 3.05) is 20.7 Å². The van der Waals surface area contributed by atoms with Crippen LogP contribution < -0.4 is 10.6 Å². The highest BCUT2D eigenvalue weighted by Crippen LogP contribution is 2.16. The largest absolute Gasteiger partial charge is 0.465 e. The summed E-state index contributed by atoms with van der Waals surface area (Å²) in [5.74, 6) is 0.859. The van der Waals surface area contributed by atoms with Crippen molar-refractivity contribution in [3.8, 4) is 0 Å². The van der Waals surface area contributed by atoms with Crippen LogP contribution in [0.25, 0.3) is 0 Å². The van der Waals surface area contributed by atoms with Crippen LogP contribution in [0.15, 0.2) is 46.1 Å². The Bertz CT molecular complexity index is 672. The second kappa shape index (κ2) is 11.1. The van der Waals surface area contributed by atoms with Crippen LogP contribution in [0.5, 0.6) is 0 Å². The smallest absolute Gasteiger partial charge is 0.337 e. The van der Waals surface area contributed by atoms with Crippen LogP contribution >= 0.6 is 35.3 Å². The van der Waals surface area contributed by atoms with Gasteiger partial charge in [-0.3, -0.25) is 4.99 Å². The van der Waals surface area contributed by atoms with Crippen molar-refractivity contribution in [3.05, 3.63) is 57.8 Å². The number of nitrogens with one attached hydrogen (secondary N) is 2. The number of hydrogen-bond acceptors (Lipinski definition) is 4. The van der Waals surface area contributed by atoms with E-state index in [0.29, 0.717) is 18.0 Å². The van der Waals surface area contributed by atoms with E-state index >= 15 is 0 Å². The first-order chi connectivity index (χ1) is 11.6. The first-order valence-corrected chi connectivity index (χ1v) is 8.72. The molecule has 0 fully saturated rings. The summed E-state index contributed by atoms with van der Waals surface area (Å²) in [4.78, 5) is 15.7. The van der Waals surface area contributed by atoms with Crippen LogP contribution in [-0.4, -0.2) is 32.6 Å². The quantitative estimate of drug-likeness (QED) is 0.291. The number of carbonyl (C=O) groups excluding carboxylic acids is 1. The van der Waals surface area contributed by atoms with Gasteiger partial charge >= 0.3 is 5.97 Å². The van der Waals surface area contributed by atoms with E-state index in [1.165, 1.54) is 12.7 Å². The van der Waals surface area contributed by atoms with E-state index in [1.807, 2.05) is 12.1 Å². The molecule has 2 rings (SSSR count). The van der Waals surface area contributed by atoms with E-state index in [9.17, 15) is 4.79 Å². The highest BCUT2D eigenvalue weighted by molar-refractivity contribution is 14.0. The number of benzene rings is 1. The summed E-state index contributed by atoms with van der Waals surface area (Å²) in [6.45, 7) is 3.64. The van der Waals surface area contributed by atoms with Gasteiger partial charge in [0.25, 0.3) is 0 Å². The molecule has 2 aromatic rings. The molecule has 1 unspecified atom stereocenters. The highest BCUT2D eigenvalue weighted by atomic mass is 127. The van der Waals surface area contributed by atoms with Gasteiger partial charge in [0.15, 0.2) is 5.96 Å². The number of rotatable bonds is 6. The van der Waals surface area contributed by atoms with Gasteiger partial charge in [-0.15, -0.1) is 24.0 Å². The van der Waals surface area contributed by atoms with E-state index in [2.05, 4.69) is 39.4 Å². The van der Waals surface area contributed by atoms with Crippen LogP contribution in [0, 0.1) is 0 Å². The Morgan fingerprint density at radius 2 is 1.96 bits per heavy atom. The Morgan fingerprint density at radius 3 is 2.52 bits per heavy atom. The number of nitrogens with zero attached hydrogens (tertiary/aromatic N) is 1. The van der Waals surface area contributed by atoms with Crippen molar-refractivity contribution in [3.63, 3.8) is 0 Å². The number of methoxy groups -OCH3 is 1. The first kappa shape index (κ1) is 21.4. The molecule has 7 heteroatoms. The molecule has 5 nitrogen and oxygen atoms in total. The minimum atomic E-state index is -0.325. The van der Waals surface area contributed by atoms with Crippen LogP contribution in [-0.2, 0) is 11.3 Å². The molecule has 0 bridgehead atoms. The highest BCUT2D eigenvalue weighted by Gasteiger charge is 2.07. The van der Waals surface area contributed by atoms with Gasteiger partial charge in [-0.25, -0.2) is 4.79 Å². The Morgan fingerprint density at radius 1 is 1.24 bits per heavy atom. The van der Waals surface area contributed by atoms with Gasteiger partial charge in [-0.2, -0.15) is 11.3 Å². The molecule has 0 saturated heterocycles. The average Bonchev–Trinajstić information content (AvgIpc) is 3.16. The monoisotopic (exact) mass is 473 g/mol. The number of thiophene rings is 1. The molecule has 0 amide bonds. The minimum absolute atomic E-state index is 0. The molecule has 1 aromatic heterocycles. The first-order valence-electron chi connectivity index (χ1n) is 7.78. The van der Waals surface area contributed by atoms with Crippen LogP contribution in [0.4, 0.5) is 0 Å². The van der Waals surface area contributed by atoms with Crippen LogP contribution in [0.2, 0.25) is 0 Å². The summed E-state index contributed by atoms with van der Waals surface area (Å²) < 4.78 is 4.69. The van der Waals surface area contributed by atoms with Crippen molar-refractivity contribution in [2.24, 2.45) is 4.99 Å². The topological polar surface area (TPSA) is 62.7 Å². The fourth-order valence-electron chi connectivity index (χ4n) is 2.21. The summed E-state index contributed by atoms with van der Waals surface area (Å²) >= 11 is 1.71. The van der Waals surface area contributed by atoms with Gasteiger partial charge < -0.3 is 15.4 Å². The lowest BCUT2D eigenvalue weighted by Crippen LogP contribution is -2.38. The summed E-state index contributed by atoms with van der Waals surface area (Å²) in [7, 11) is 3.13. The van der Waals surface area contributed by atoms with Gasteiger partial charge in [-0.05, 0) is 46.0 Å². The standard InChI is InChI=1S/C18H23N3O2S.HI/c1-13(16-8-9-24-12-16)10-20-18(19-2)21-11-14-4-6-15(7-5-14)17(22)23-3;/h4-9,12-13H,10-11H2,1-3H3,(H2,19,20,21);1H.